The molecule has 1 aromatic carbocycles. The van der Waals surface area contributed by atoms with Gasteiger partial charge in [-0.15, -0.1) is 11.3 Å². The average molecular weight is 352 g/mol. The number of thiazole rings is 1. The van der Waals surface area contributed by atoms with Crippen LogP contribution in [0.3, 0.4) is 0 Å². The zero-order valence-corrected chi connectivity index (χ0v) is 13.6. The maximum Gasteiger partial charge on any atom is 0.296 e. The van der Waals surface area contributed by atoms with E-state index < -0.39 is 5.92 Å². The molecule has 7 heteroatoms. The molecular weight excluding hydrogens is 340 g/mol. The van der Waals surface area contributed by atoms with E-state index in [-0.39, 0.29) is 5.01 Å². The first-order valence-corrected chi connectivity index (χ1v) is 7.91. The molecule has 3 rings (SSSR count). The lowest BCUT2D eigenvalue weighted by Crippen LogP contribution is -2.05. The van der Waals surface area contributed by atoms with Gasteiger partial charge in [0.15, 0.2) is 5.01 Å². The van der Waals surface area contributed by atoms with Crippen LogP contribution < -0.4 is 5.73 Å². The highest BCUT2D eigenvalue weighted by atomic mass is 35.5. The van der Waals surface area contributed by atoms with E-state index in [2.05, 4.69) is 9.97 Å². The van der Waals surface area contributed by atoms with Crippen LogP contribution in [0, 0.1) is 0 Å². The van der Waals surface area contributed by atoms with Crippen molar-refractivity contribution in [1.29, 1.82) is 0 Å². The van der Waals surface area contributed by atoms with Crippen LogP contribution in [0.1, 0.15) is 11.9 Å². The summed E-state index contributed by atoms with van der Waals surface area (Å²) in [6.45, 7) is 0.832. The lowest BCUT2D eigenvalue weighted by molar-refractivity contribution is 0.0173. The van der Waals surface area contributed by atoms with Crippen molar-refractivity contribution in [1.82, 2.24) is 9.97 Å². The predicted octanol–water partition coefficient (Wildman–Crippen LogP) is 5.22. The Labute approximate surface area is 140 Å². The molecule has 0 aliphatic heterocycles. The van der Waals surface area contributed by atoms with Gasteiger partial charge in [-0.05, 0) is 29.8 Å². The normalized spacial score (nSPS) is 11.7. The summed E-state index contributed by atoms with van der Waals surface area (Å²) in [5, 5.41) is 0.262. The molecule has 0 fully saturated rings. The van der Waals surface area contributed by atoms with Gasteiger partial charge in [0.05, 0.1) is 10.6 Å². The second-order valence-electron chi connectivity index (χ2n) is 5.06. The van der Waals surface area contributed by atoms with Crippen molar-refractivity contribution < 1.29 is 8.78 Å². The second-order valence-corrected chi connectivity index (χ2v) is 6.50. The minimum atomic E-state index is -3.02. The van der Waals surface area contributed by atoms with Crippen LogP contribution in [0.25, 0.3) is 21.7 Å². The Balaban J connectivity index is 2.23. The topological polar surface area (TPSA) is 51.8 Å². The van der Waals surface area contributed by atoms with Crippen molar-refractivity contribution in [2.24, 2.45) is 0 Å². The Morgan fingerprint density at radius 2 is 1.96 bits per heavy atom. The van der Waals surface area contributed by atoms with E-state index in [1.165, 1.54) is 6.20 Å². The Hall–Kier alpha value is -2.05. The summed E-state index contributed by atoms with van der Waals surface area (Å²) < 4.78 is 27.4. The SMILES string of the molecule is CC(F)(F)c1nc(-c2cccc(Cl)c2)c(-c2ccnc(N)c2)s1. The largest absolute Gasteiger partial charge is 0.384 e. The molecule has 2 heterocycles. The number of aromatic nitrogens is 2. The van der Waals surface area contributed by atoms with Gasteiger partial charge in [-0.1, -0.05) is 23.7 Å². The molecule has 0 atom stereocenters. The maximum atomic E-state index is 13.7. The number of nitrogens with zero attached hydrogens (tertiary/aromatic N) is 2. The first-order chi connectivity index (χ1) is 10.8. The summed E-state index contributed by atoms with van der Waals surface area (Å²) in [6.07, 6.45) is 1.54. The van der Waals surface area contributed by atoms with E-state index in [0.717, 1.165) is 18.3 Å². The fourth-order valence-corrected chi connectivity index (χ4v) is 3.33. The fourth-order valence-electron chi connectivity index (χ4n) is 2.12. The molecule has 23 heavy (non-hydrogen) atoms. The fraction of sp³-hybridized carbons (Fsp3) is 0.125. The highest BCUT2D eigenvalue weighted by Crippen LogP contribution is 2.42. The molecule has 0 radical (unpaired) electrons. The molecule has 0 amide bonds. The molecular formula is C16H12ClF2N3S. The number of hydrogen-bond acceptors (Lipinski definition) is 4. The van der Waals surface area contributed by atoms with Crippen molar-refractivity contribution >= 4 is 28.8 Å². The molecule has 0 saturated heterocycles. The number of nitrogens with two attached hydrogens (primary N) is 1. The van der Waals surface area contributed by atoms with Crippen LogP contribution in [-0.2, 0) is 5.92 Å². The molecule has 0 bridgehead atoms. The zero-order valence-electron chi connectivity index (χ0n) is 12.1. The van der Waals surface area contributed by atoms with Gasteiger partial charge in [-0.2, -0.15) is 8.78 Å². The van der Waals surface area contributed by atoms with Crippen LogP contribution >= 0.6 is 22.9 Å². The molecule has 0 spiro atoms. The first-order valence-electron chi connectivity index (χ1n) is 6.71. The minimum absolute atomic E-state index is 0.252. The highest BCUT2D eigenvalue weighted by molar-refractivity contribution is 7.15. The summed E-state index contributed by atoms with van der Waals surface area (Å²) in [4.78, 5) is 8.69. The van der Waals surface area contributed by atoms with E-state index in [4.69, 9.17) is 17.3 Å². The van der Waals surface area contributed by atoms with Crippen molar-refractivity contribution in [3.05, 3.63) is 52.6 Å². The van der Waals surface area contributed by atoms with E-state index in [1.807, 2.05) is 0 Å². The Morgan fingerprint density at radius 1 is 1.17 bits per heavy atom. The summed E-state index contributed by atoms with van der Waals surface area (Å²) in [5.74, 6) is -2.70. The molecule has 0 aliphatic rings. The molecule has 2 N–H and O–H groups in total. The summed E-state index contributed by atoms with van der Waals surface area (Å²) >= 11 is 6.95. The molecule has 0 unspecified atom stereocenters. The molecule has 2 aromatic heterocycles. The number of rotatable bonds is 3. The molecule has 0 saturated carbocycles. The third-order valence-electron chi connectivity index (χ3n) is 3.14. The summed E-state index contributed by atoms with van der Waals surface area (Å²) in [7, 11) is 0. The second kappa shape index (κ2) is 5.86. The van der Waals surface area contributed by atoms with Gasteiger partial charge in [0.1, 0.15) is 5.82 Å². The number of halogens is 3. The lowest BCUT2D eigenvalue weighted by atomic mass is 10.1. The van der Waals surface area contributed by atoms with Crippen molar-refractivity contribution in [3.63, 3.8) is 0 Å². The lowest BCUT2D eigenvalue weighted by Gasteiger charge is -2.04. The van der Waals surface area contributed by atoms with Crippen molar-refractivity contribution in [2.45, 2.75) is 12.8 Å². The predicted molar refractivity (Wildman–Crippen MR) is 89.8 cm³/mol. The van der Waals surface area contributed by atoms with Crippen LogP contribution in [0.4, 0.5) is 14.6 Å². The quantitative estimate of drug-likeness (QED) is 0.703. The van der Waals surface area contributed by atoms with Crippen molar-refractivity contribution in [3.8, 4) is 21.7 Å². The first kappa shape index (κ1) is 15.8. The molecule has 3 nitrogen and oxygen atoms in total. The van der Waals surface area contributed by atoms with Gasteiger partial charge in [-0.25, -0.2) is 9.97 Å². The standard InChI is InChI=1S/C16H12ClF2N3S/c1-16(18,19)15-22-13(9-3-2-4-11(17)7-9)14(23-15)10-5-6-21-12(20)8-10/h2-8H,1H3,(H2,20,21). The number of alkyl halides is 2. The van der Waals surface area contributed by atoms with Crippen molar-refractivity contribution in [2.75, 3.05) is 5.73 Å². The number of pyridine rings is 1. The molecule has 0 aliphatic carbocycles. The van der Waals surface area contributed by atoms with E-state index in [0.29, 0.717) is 32.5 Å². The van der Waals surface area contributed by atoms with Gasteiger partial charge >= 0.3 is 0 Å². The maximum absolute atomic E-state index is 13.7. The smallest absolute Gasteiger partial charge is 0.296 e. The zero-order chi connectivity index (χ0) is 16.6. The van der Waals surface area contributed by atoms with Gasteiger partial charge in [-0.3, -0.25) is 0 Å². The summed E-state index contributed by atoms with van der Waals surface area (Å²) in [6, 6.07) is 10.3. The van der Waals surface area contributed by atoms with Gasteiger partial charge in [0.25, 0.3) is 5.92 Å². The third kappa shape index (κ3) is 3.33. The van der Waals surface area contributed by atoms with Crippen LogP contribution in [0.5, 0.6) is 0 Å². The molecule has 118 valence electrons. The van der Waals surface area contributed by atoms with Crippen LogP contribution in [0.2, 0.25) is 5.02 Å². The monoisotopic (exact) mass is 351 g/mol. The van der Waals surface area contributed by atoms with E-state index in [9.17, 15) is 8.78 Å². The van der Waals surface area contributed by atoms with E-state index >= 15 is 0 Å². The van der Waals surface area contributed by atoms with Gasteiger partial charge in [0.2, 0.25) is 0 Å². The highest BCUT2D eigenvalue weighted by Gasteiger charge is 2.31. The van der Waals surface area contributed by atoms with Gasteiger partial charge in [0, 0.05) is 23.7 Å². The number of benzene rings is 1. The van der Waals surface area contributed by atoms with E-state index in [1.54, 1.807) is 36.4 Å². The number of anilines is 1. The summed E-state index contributed by atoms with van der Waals surface area (Å²) in [5.41, 5.74) is 7.53. The number of nitrogen functional groups attached to an aromatic ring is 1. The average Bonchev–Trinajstić information content (AvgIpc) is 2.92. The van der Waals surface area contributed by atoms with Gasteiger partial charge < -0.3 is 5.73 Å². The Bertz CT molecular complexity index is 796. The van der Waals surface area contributed by atoms with Crippen LogP contribution in [-0.4, -0.2) is 9.97 Å². The molecule has 3 aromatic rings. The number of hydrogen-bond donors (Lipinski definition) is 1. The van der Waals surface area contributed by atoms with Crippen LogP contribution in [0.15, 0.2) is 42.6 Å². The third-order valence-corrected chi connectivity index (χ3v) is 4.66. The Kier molecular flexibility index (Phi) is 4.04. The Morgan fingerprint density at radius 3 is 2.61 bits per heavy atom. The minimum Gasteiger partial charge on any atom is -0.384 e.